The van der Waals surface area contributed by atoms with Crippen molar-refractivity contribution >= 4 is 23.1 Å². The van der Waals surface area contributed by atoms with Crippen LogP contribution in [0.15, 0.2) is 41.8 Å². The lowest BCUT2D eigenvalue weighted by Crippen LogP contribution is -2.48. The second kappa shape index (κ2) is 8.28. The molecule has 0 radical (unpaired) electrons. The van der Waals surface area contributed by atoms with Crippen LogP contribution in [-0.2, 0) is 13.1 Å². The molecule has 3 rings (SSSR count). The second-order valence-corrected chi connectivity index (χ2v) is 7.19. The van der Waals surface area contributed by atoms with E-state index in [1.165, 1.54) is 4.88 Å². The lowest BCUT2D eigenvalue weighted by Gasteiger charge is -2.32. The third-order valence-corrected chi connectivity index (χ3v) is 5.08. The molecule has 1 fully saturated rings. The molecule has 2 amide bonds. The average molecular weight is 344 g/mol. The zero-order valence-corrected chi connectivity index (χ0v) is 14.5. The minimum absolute atomic E-state index is 0.146. The van der Waals surface area contributed by atoms with Crippen LogP contribution in [0.5, 0.6) is 0 Å². The monoisotopic (exact) mass is 344 g/mol. The van der Waals surface area contributed by atoms with Crippen molar-refractivity contribution in [2.24, 2.45) is 5.73 Å². The van der Waals surface area contributed by atoms with Gasteiger partial charge in [-0.3, -0.25) is 4.90 Å². The maximum atomic E-state index is 12.2. The van der Waals surface area contributed by atoms with Gasteiger partial charge in [0, 0.05) is 36.2 Å². The Morgan fingerprint density at radius 2 is 2.25 bits per heavy atom. The number of likely N-dealkylation sites (tertiary alicyclic amines) is 1. The predicted molar refractivity (Wildman–Crippen MR) is 99.1 cm³/mol. The van der Waals surface area contributed by atoms with Gasteiger partial charge in [0.25, 0.3) is 0 Å². The lowest BCUT2D eigenvalue weighted by atomic mass is 10.1. The Morgan fingerprint density at radius 3 is 3.04 bits per heavy atom. The number of urea groups is 1. The maximum Gasteiger partial charge on any atom is 0.319 e. The predicted octanol–water partition coefficient (Wildman–Crippen LogP) is 2.99. The Hall–Kier alpha value is -1.89. The van der Waals surface area contributed by atoms with E-state index in [9.17, 15) is 4.79 Å². The van der Waals surface area contributed by atoms with Crippen molar-refractivity contribution in [1.29, 1.82) is 0 Å². The second-order valence-electron chi connectivity index (χ2n) is 6.16. The first-order chi connectivity index (χ1) is 11.7. The van der Waals surface area contributed by atoms with Gasteiger partial charge in [0.15, 0.2) is 0 Å². The van der Waals surface area contributed by atoms with Crippen LogP contribution in [0.25, 0.3) is 0 Å². The number of thiophene rings is 1. The zero-order valence-electron chi connectivity index (χ0n) is 13.7. The highest BCUT2D eigenvalue weighted by Gasteiger charge is 2.21. The molecule has 0 aliphatic carbocycles. The fourth-order valence-electron chi connectivity index (χ4n) is 3.07. The number of carbonyl (C=O) groups is 1. The molecule has 0 saturated carbocycles. The first kappa shape index (κ1) is 17.0. The number of piperidine rings is 1. The summed E-state index contributed by atoms with van der Waals surface area (Å²) in [4.78, 5) is 16.0. The van der Waals surface area contributed by atoms with E-state index in [2.05, 4.69) is 33.0 Å². The number of hydrogen-bond acceptors (Lipinski definition) is 4. The summed E-state index contributed by atoms with van der Waals surface area (Å²) in [6, 6.07) is 11.9. The fourth-order valence-corrected chi connectivity index (χ4v) is 3.81. The van der Waals surface area contributed by atoms with Crippen LogP contribution in [0.4, 0.5) is 10.5 Å². The third-order valence-electron chi connectivity index (χ3n) is 4.22. The summed E-state index contributed by atoms with van der Waals surface area (Å²) in [5, 5.41) is 8.11. The van der Waals surface area contributed by atoms with Gasteiger partial charge in [-0.05, 0) is 48.5 Å². The molecular weight excluding hydrogens is 320 g/mol. The number of nitrogens with two attached hydrogens (primary N) is 1. The normalized spacial score (nSPS) is 18.3. The van der Waals surface area contributed by atoms with Gasteiger partial charge in [0.2, 0.25) is 0 Å². The molecule has 1 aliphatic heterocycles. The molecule has 128 valence electrons. The Kier molecular flexibility index (Phi) is 5.85. The molecule has 5 nitrogen and oxygen atoms in total. The molecule has 4 N–H and O–H groups in total. The van der Waals surface area contributed by atoms with E-state index in [1.807, 2.05) is 24.3 Å². The van der Waals surface area contributed by atoms with E-state index < -0.39 is 0 Å². The largest absolute Gasteiger partial charge is 0.334 e. The summed E-state index contributed by atoms with van der Waals surface area (Å²) in [6.07, 6.45) is 2.14. The lowest BCUT2D eigenvalue weighted by molar-refractivity contribution is 0.184. The van der Waals surface area contributed by atoms with Crippen LogP contribution in [0, 0.1) is 0 Å². The smallest absolute Gasteiger partial charge is 0.319 e. The van der Waals surface area contributed by atoms with Crippen molar-refractivity contribution in [3.05, 3.63) is 52.2 Å². The first-order valence-electron chi connectivity index (χ1n) is 8.34. The van der Waals surface area contributed by atoms with Gasteiger partial charge in [0.05, 0.1) is 0 Å². The number of amides is 2. The van der Waals surface area contributed by atoms with Gasteiger partial charge in [-0.15, -0.1) is 11.3 Å². The van der Waals surface area contributed by atoms with Crippen molar-refractivity contribution in [3.63, 3.8) is 0 Å². The van der Waals surface area contributed by atoms with E-state index in [0.717, 1.165) is 43.7 Å². The highest BCUT2D eigenvalue weighted by molar-refractivity contribution is 7.09. The van der Waals surface area contributed by atoms with Gasteiger partial charge in [0.1, 0.15) is 0 Å². The SMILES string of the molecule is NCc1cccc(NC(=O)N[C@@H]2CCCN(Cc3cccs3)C2)c1. The molecule has 1 atom stereocenters. The van der Waals surface area contributed by atoms with E-state index in [-0.39, 0.29) is 12.1 Å². The molecule has 1 aromatic heterocycles. The molecule has 0 bridgehead atoms. The van der Waals surface area contributed by atoms with E-state index in [0.29, 0.717) is 6.54 Å². The third kappa shape index (κ3) is 4.80. The summed E-state index contributed by atoms with van der Waals surface area (Å²) < 4.78 is 0. The standard InChI is InChI=1S/C18H24N4OS/c19-11-14-4-1-5-15(10-14)20-18(23)21-16-6-2-8-22(12-16)13-17-7-3-9-24-17/h1,3-5,7,9-10,16H,2,6,8,11-13,19H2,(H2,20,21,23)/t16-/m1/s1. The molecule has 0 spiro atoms. The quantitative estimate of drug-likeness (QED) is 0.781. The Bertz CT molecular complexity index is 659. The Balaban J connectivity index is 1.50. The molecule has 0 unspecified atom stereocenters. The Morgan fingerprint density at radius 1 is 1.33 bits per heavy atom. The molecule has 24 heavy (non-hydrogen) atoms. The van der Waals surface area contributed by atoms with Crippen molar-refractivity contribution in [3.8, 4) is 0 Å². The number of anilines is 1. The van der Waals surface area contributed by atoms with Crippen LogP contribution in [0.1, 0.15) is 23.3 Å². The highest BCUT2D eigenvalue weighted by Crippen LogP contribution is 2.17. The summed E-state index contributed by atoms with van der Waals surface area (Å²) in [6.45, 7) is 3.43. The number of carbonyl (C=O) groups excluding carboxylic acids is 1. The zero-order chi connectivity index (χ0) is 16.8. The molecule has 2 heterocycles. The maximum absolute atomic E-state index is 12.2. The molecule has 1 aliphatic rings. The summed E-state index contributed by atoms with van der Waals surface area (Å²) in [5.41, 5.74) is 7.42. The number of benzene rings is 1. The summed E-state index contributed by atoms with van der Waals surface area (Å²) >= 11 is 1.79. The van der Waals surface area contributed by atoms with Gasteiger partial charge >= 0.3 is 6.03 Å². The molecular formula is C18H24N4OS. The number of hydrogen-bond donors (Lipinski definition) is 3. The van der Waals surface area contributed by atoms with Crippen molar-refractivity contribution in [1.82, 2.24) is 10.2 Å². The first-order valence-corrected chi connectivity index (χ1v) is 9.22. The van der Waals surface area contributed by atoms with E-state index >= 15 is 0 Å². The van der Waals surface area contributed by atoms with Gasteiger partial charge in [-0.25, -0.2) is 4.79 Å². The molecule has 1 aromatic carbocycles. The van der Waals surface area contributed by atoms with Crippen molar-refractivity contribution < 1.29 is 4.79 Å². The van der Waals surface area contributed by atoms with Crippen LogP contribution < -0.4 is 16.4 Å². The minimum atomic E-state index is -0.146. The number of nitrogens with one attached hydrogen (secondary N) is 2. The average Bonchev–Trinajstić information content (AvgIpc) is 3.08. The fraction of sp³-hybridized carbons (Fsp3) is 0.389. The molecule has 2 aromatic rings. The Labute approximate surface area is 146 Å². The van der Waals surface area contributed by atoms with Crippen LogP contribution >= 0.6 is 11.3 Å². The van der Waals surface area contributed by atoms with Crippen LogP contribution in [0.2, 0.25) is 0 Å². The van der Waals surface area contributed by atoms with Crippen LogP contribution in [-0.4, -0.2) is 30.1 Å². The van der Waals surface area contributed by atoms with Gasteiger partial charge in [-0.2, -0.15) is 0 Å². The van der Waals surface area contributed by atoms with Gasteiger partial charge in [-0.1, -0.05) is 18.2 Å². The summed E-state index contributed by atoms with van der Waals surface area (Å²) in [5.74, 6) is 0. The van der Waals surface area contributed by atoms with E-state index in [1.54, 1.807) is 11.3 Å². The molecule has 1 saturated heterocycles. The van der Waals surface area contributed by atoms with Crippen molar-refractivity contribution in [2.75, 3.05) is 18.4 Å². The summed E-state index contributed by atoms with van der Waals surface area (Å²) in [7, 11) is 0. The number of rotatable bonds is 5. The van der Waals surface area contributed by atoms with Crippen molar-refractivity contribution in [2.45, 2.75) is 32.0 Å². The molecule has 6 heteroatoms. The van der Waals surface area contributed by atoms with E-state index in [4.69, 9.17) is 5.73 Å². The topological polar surface area (TPSA) is 70.4 Å². The highest BCUT2D eigenvalue weighted by atomic mass is 32.1. The minimum Gasteiger partial charge on any atom is -0.334 e. The number of nitrogens with zero attached hydrogens (tertiary/aromatic N) is 1. The van der Waals surface area contributed by atoms with Crippen LogP contribution in [0.3, 0.4) is 0 Å². The van der Waals surface area contributed by atoms with Gasteiger partial charge < -0.3 is 16.4 Å².